The molecule has 0 atom stereocenters. The van der Waals surface area contributed by atoms with E-state index in [4.69, 9.17) is 0 Å². The molecule has 2 aromatic heterocycles. The predicted octanol–water partition coefficient (Wildman–Crippen LogP) is 2.09. The highest BCUT2D eigenvalue weighted by Crippen LogP contribution is 2.25. The van der Waals surface area contributed by atoms with E-state index in [1.807, 2.05) is 0 Å². The zero-order chi connectivity index (χ0) is 18.7. The van der Waals surface area contributed by atoms with Crippen molar-refractivity contribution in [2.45, 2.75) is 12.7 Å². The largest absolute Gasteiger partial charge is 0.421 e. The number of halogens is 3. The second-order valence-electron chi connectivity index (χ2n) is 5.29. The number of pyridine rings is 1. The Balaban J connectivity index is 1.71. The summed E-state index contributed by atoms with van der Waals surface area (Å²) < 4.78 is 40.5. The van der Waals surface area contributed by atoms with Crippen molar-refractivity contribution in [3.05, 3.63) is 71.2 Å². The van der Waals surface area contributed by atoms with Gasteiger partial charge >= 0.3 is 6.18 Å². The predicted molar refractivity (Wildman–Crippen MR) is 85.7 cm³/mol. The average molecular weight is 363 g/mol. The number of benzene rings is 1. The standard InChI is InChI=1S/C16H12F3N5O2/c17-16(18,19)13-2-1-7-23(15(13)26)8-14(25)22-11-3-5-12(6-4-11)24-10-20-9-21-24/h1-7,9-10H,8H2,(H,22,25). The van der Waals surface area contributed by atoms with E-state index in [-0.39, 0.29) is 0 Å². The van der Waals surface area contributed by atoms with Gasteiger partial charge in [0.05, 0.1) is 5.69 Å². The van der Waals surface area contributed by atoms with Crippen molar-refractivity contribution in [3.8, 4) is 5.69 Å². The van der Waals surface area contributed by atoms with Crippen molar-refractivity contribution in [2.75, 3.05) is 5.32 Å². The molecule has 10 heteroatoms. The zero-order valence-corrected chi connectivity index (χ0v) is 13.1. The van der Waals surface area contributed by atoms with E-state index in [9.17, 15) is 22.8 Å². The molecule has 134 valence electrons. The number of alkyl halides is 3. The van der Waals surface area contributed by atoms with E-state index in [1.54, 1.807) is 24.3 Å². The van der Waals surface area contributed by atoms with Crippen LogP contribution in [0, 0.1) is 0 Å². The lowest BCUT2D eigenvalue weighted by molar-refractivity contribution is -0.139. The topological polar surface area (TPSA) is 81.8 Å². The van der Waals surface area contributed by atoms with Gasteiger partial charge in [-0.1, -0.05) is 0 Å². The highest BCUT2D eigenvalue weighted by Gasteiger charge is 2.34. The molecule has 0 aliphatic rings. The normalized spacial score (nSPS) is 11.3. The van der Waals surface area contributed by atoms with Crippen LogP contribution in [0.15, 0.2) is 60.0 Å². The Morgan fingerprint density at radius 1 is 1.15 bits per heavy atom. The van der Waals surface area contributed by atoms with Crippen LogP contribution in [0.25, 0.3) is 5.69 Å². The average Bonchev–Trinajstić information content (AvgIpc) is 3.11. The maximum atomic E-state index is 12.7. The first-order chi connectivity index (χ1) is 12.3. The van der Waals surface area contributed by atoms with Gasteiger partial charge in [-0.3, -0.25) is 9.59 Å². The highest BCUT2D eigenvalue weighted by atomic mass is 19.4. The Labute approximate surface area is 144 Å². The molecule has 7 nitrogen and oxygen atoms in total. The van der Waals surface area contributed by atoms with Crippen molar-refractivity contribution in [3.63, 3.8) is 0 Å². The van der Waals surface area contributed by atoms with Gasteiger partial charge in [0.15, 0.2) is 0 Å². The van der Waals surface area contributed by atoms with Crippen LogP contribution in [0.1, 0.15) is 5.56 Å². The molecule has 1 N–H and O–H groups in total. The Morgan fingerprint density at radius 3 is 2.50 bits per heavy atom. The van der Waals surface area contributed by atoms with Crippen LogP contribution in [0.3, 0.4) is 0 Å². The smallest absolute Gasteiger partial charge is 0.325 e. The molecular formula is C16H12F3N5O2. The minimum Gasteiger partial charge on any atom is -0.325 e. The molecular weight excluding hydrogens is 351 g/mol. The number of nitrogens with one attached hydrogen (secondary N) is 1. The summed E-state index contributed by atoms with van der Waals surface area (Å²) in [7, 11) is 0. The molecule has 26 heavy (non-hydrogen) atoms. The summed E-state index contributed by atoms with van der Waals surface area (Å²) in [4.78, 5) is 27.7. The van der Waals surface area contributed by atoms with Crippen LogP contribution in [0.4, 0.5) is 18.9 Å². The van der Waals surface area contributed by atoms with Crippen LogP contribution < -0.4 is 10.9 Å². The fraction of sp³-hybridized carbons (Fsp3) is 0.125. The quantitative estimate of drug-likeness (QED) is 0.770. The van der Waals surface area contributed by atoms with Gasteiger partial charge in [-0.2, -0.15) is 18.3 Å². The molecule has 3 rings (SSSR count). The Morgan fingerprint density at radius 2 is 1.88 bits per heavy atom. The van der Waals surface area contributed by atoms with Crippen molar-refractivity contribution in [2.24, 2.45) is 0 Å². The third kappa shape index (κ3) is 3.79. The number of anilines is 1. The molecule has 1 aromatic carbocycles. The molecule has 0 bridgehead atoms. The van der Waals surface area contributed by atoms with E-state index in [0.717, 1.165) is 18.0 Å². The second kappa shape index (κ2) is 6.82. The lowest BCUT2D eigenvalue weighted by atomic mass is 10.2. The third-order valence-electron chi connectivity index (χ3n) is 3.47. The number of carbonyl (C=O) groups is 1. The SMILES string of the molecule is O=C(Cn1cccc(C(F)(F)F)c1=O)Nc1ccc(-n2cncn2)cc1. The molecule has 1 amide bonds. The summed E-state index contributed by atoms with van der Waals surface area (Å²) in [5, 5.41) is 6.48. The maximum Gasteiger partial charge on any atom is 0.421 e. The number of carbonyl (C=O) groups excluding carboxylic acids is 1. The lowest BCUT2D eigenvalue weighted by Crippen LogP contribution is -2.31. The van der Waals surface area contributed by atoms with Gasteiger partial charge in [-0.25, -0.2) is 9.67 Å². The van der Waals surface area contributed by atoms with Crippen LogP contribution in [-0.4, -0.2) is 25.2 Å². The fourth-order valence-electron chi connectivity index (χ4n) is 2.27. The van der Waals surface area contributed by atoms with Crippen molar-refractivity contribution >= 4 is 11.6 Å². The second-order valence-corrected chi connectivity index (χ2v) is 5.29. The summed E-state index contributed by atoms with van der Waals surface area (Å²) in [6.45, 7) is -0.534. The van der Waals surface area contributed by atoms with Crippen LogP contribution in [0.5, 0.6) is 0 Å². The van der Waals surface area contributed by atoms with Crippen molar-refractivity contribution < 1.29 is 18.0 Å². The van der Waals surface area contributed by atoms with E-state index >= 15 is 0 Å². The van der Waals surface area contributed by atoms with Gasteiger partial charge in [-0.15, -0.1) is 0 Å². The summed E-state index contributed by atoms with van der Waals surface area (Å²) >= 11 is 0. The van der Waals surface area contributed by atoms with Crippen LogP contribution in [-0.2, 0) is 17.5 Å². The third-order valence-corrected chi connectivity index (χ3v) is 3.47. The maximum absolute atomic E-state index is 12.7. The number of hydrogen-bond donors (Lipinski definition) is 1. The molecule has 0 radical (unpaired) electrons. The fourth-order valence-corrected chi connectivity index (χ4v) is 2.27. The first-order valence-electron chi connectivity index (χ1n) is 7.36. The summed E-state index contributed by atoms with van der Waals surface area (Å²) in [6.07, 6.45) is -0.755. The minimum absolute atomic E-state index is 0.430. The summed E-state index contributed by atoms with van der Waals surface area (Å²) in [5.74, 6) is -0.625. The van der Waals surface area contributed by atoms with E-state index < -0.39 is 29.8 Å². The minimum atomic E-state index is -4.77. The molecule has 0 spiro atoms. The Kier molecular flexibility index (Phi) is 4.57. The molecule has 3 aromatic rings. The van der Waals surface area contributed by atoms with E-state index in [2.05, 4.69) is 15.4 Å². The molecule has 0 unspecified atom stereocenters. The van der Waals surface area contributed by atoms with Gasteiger partial charge in [0.1, 0.15) is 24.8 Å². The molecule has 0 aliphatic heterocycles. The van der Waals surface area contributed by atoms with Crippen LogP contribution >= 0.6 is 0 Å². The van der Waals surface area contributed by atoms with Crippen LogP contribution in [0.2, 0.25) is 0 Å². The number of aromatic nitrogens is 4. The first-order valence-corrected chi connectivity index (χ1v) is 7.36. The molecule has 0 saturated heterocycles. The summed E-state index contributed by atoms with van der Waals surface area (Å²) in [5.41, 5.74) is -1.44. The number of hydrogen-bond acceptors (Lipinski definition) is 4. The van der Waals surface area contributed by atoms with Gasteiger partial charge in [-0.05, 0) is 36.4 Å². The number of amides is 1. The molecule has 2 heterocycles. The van der Waals surface area contributed by atoms with E-state index in [1.165, 1.54) is 17.3 Å². The van der Waals surface area contributed by atoms with Gasteiger partial charge in [0, 0.05) is 11.9 Å². The monoisotopic (exact) mass is 363 g/mol. The van der Waals surface area contributed by atoms with E-state index in [0.29, 0.717) is 16.3 Å². The molecule has 0 aliphatic carbocycles. The summed E-state index contributed by atoms with van der Waals surface area (Å²) in [6, 6.07) is 8.32. The number of rotatable bonds is 4. The lowest BCUT2D eigenvalue weighted by Gasteiger charge is -2.11. The zero-order valence-electron chi connectivity index (χ0n) is 13.1. The Hall–Kier alpha value is -3.43. The highest BCUT2D eigenvalue weighted by molar-refractivity contribution is 5.90. The molecule has 0 fully saturated rings. The van der Waals surface area contributed by atoms with Crippen molar-refractivity contribution in [1.29, 1.82) is 0 Å². The number of nitrogens with zero attached hydrogens (tertiary/aromatic N) is 4. The Bertz CT molecular complexity index is 963. The molecule has 0 saturated carbocycles. The van der Waals surface area contributed by atoms with Gasteiger partial charge in [0.2, 0.25) is 5.91 Å². The van der Waals surface area contributed by atoms with Gasteiger partial charge in [0.25, 0.3) is 5.56 Å². The first kappa shape index (κ1) is 17.4. The van der Waals surface area contributed by atoms with Gasteiger partial charge < -0.3 is 9.88 Å². The van der Waals surface area contributed by atoms with Crippen molar-refractivity contribution in [1.82, 2.24) is 19.3 Å².